The molecule has 0 bridgehead atoms. The van der Waals surface area contributed by atoms with Crippen LogP contribution < -0.4 is 10.1 Å². The lowest BCUT2D eigenvalue weighted by molar-refractivity contribution is -0.121. The van der Waals surface area contributed by atoms with Gasteiger partial charge in [-0.2, -0.15) is 0 Å². The van der Waals surface area contributed by atoms with E-state index in [1.165, 1.54) is 19.3 Å². The summed E-state index contributed by atoms with van der Waals surface area (Å²) in [7, 11) is 0. The first-order chi connectivity index (χ1) is 12.1. The lowest BCUT2D eigenvalue weighted by Crippen LogP contribution is -2.37. The van der Waals surface area contributed by atoms with Crippen molar-refractivity contribution in [3.05, 3.63) is 46.8 Å². The summed E-state index contributed by atoms with van der Waals surface area (Å²) in [5.41, 5.74) is 2.84. The summed E-state index contributed by atoms with van der Waals surface area (Å²) >= 11 is 0. The molecule has 1 heterocycles. The van der Waals surface area contributed by atoms with Crippen molar-refractivity contribution in [1.29, 1.82) is 0 Å². The SMILES string of the molecule is Cc1noc(C)c1COc1ccc(CC(=O)NC2CCCCC2)cc1. The van der Waals surface area contributed by atoms with Gasteiger partial charge in [0, 0.05) is 6.04 Å². The number of amides is 1. The number of carbonyl (C=O) groups excluding carboxylic acids is 1. The monoisotopic (exact) mass is 342 g/mol. The molecule has 5 nitrogen and oxygen atoms in total. The Morgan fingerprint density at radius 2 is 1.92 bits per heavy atom. The van der Waals surface area contributed by atoms with Crippen LogP contribution in [0.15, 0.2) is 28.8 Å². The molecule has 1 saturated carbocycles. The fraction of sp³-hybridized carbons (Fsp3) is 0.500. The van der Waals surface area contributed by atoms with E-state index < -0.39 is 0 Å². The van der Waals surface area contributed by atoms with Gasteiger partial charge in [0.1, 0.15) is 18.1 Å². The van der Waals surface area contributed by atoms with E-state index in [9.17, 15) is 4.79 Å². The molecular formula is C20H26N2O3. The van der Waals surface area contributed by atoms with Gasteiger partial charge < -0.3 is 14.6 Å². The van der Waals surface area contributed by atoms with E-state index in [0.29, 0.717) is 19.1 Å². The molecule has 1 aromatic heterocycles. The number of aromatic nitrogens is 1. The number of hydrogen-bond acceptors (Lipinski definition) is 4. The molecule has 0 radical (unpaired) electrons. The second kappa shape index (κ2) is 8.19. The first kappa shape index (κ1) is 17.5. The average molecular weight is 342 g/mol. The molecule has 0 saturated heterocycles. The quantitative estimate of drug-likeness (QED) is 0.866. The Bertz CT molecular complexity index is 681. The number of benzene rings is 1. The highest BCUT2D eigenvalue weighted by molar-refractivity contribution is 5.78. The van der Waals surface area contributed by atoms with Gasteiger partial charge in [-0.05, 0) is 44.4 Å². The maximum absolute atomic E-state index is 12.2. The van der Waals surface area contributed by atoms with Gasteiger partial charge in [0.05, 0.1) is 17.7 Å². The van der Waals surface area contributed by atoms with Crippen LogP contribution in [0.3, 0.4) is 0 Å². The predicted octanol–water partition coefficient (Wildman–Crippen LogP) is 3.86. The van der Waals surface area contributed by atoms with E-state index in [1.807, 2.05) is 38.1 Å². The summed E-state index contributed by atoms with van der Waals surface area (Å²) in [5, 5.41) is 7.07. The first-order valence-electron chi connectivity index (χ1n) is 9.04. The molecule has 0 atom stereocenters. The zero-order valence-corrected chi connectivity index (χ0v) is 15.0. The number of ether oxygens (including phenoxy) is 1. The van der Waals surface area contributed by atoms with Crippen LogP contribution in [0.2, 0.25) is 0 Å². The summed E-state index contributed by atoms with van der Waals surface area (Å²) in [6.07, 6.45) is 6.38. The van der Waals surface area contributed by atoms with Gasteiger partial charge in [0.15, 0.2) is 0 Å². The molecule has 1 amide bonds. The van der Waals surface area contributed by atoms with Gasteiger partial charge in [-0.3, -0.25) is 4.79 Å². The molecule has 1 N–H and O–H groups in total. The average Bonchev–Trinajstić information content (AvgIpc) is 2.93. The van der Waals surface area contributed by atoms with E-state index >= 15 is 0 Å². The van der Waals surface area contributed by atoms with Crippen molar-refractivity contribution in [2.45, 2.75) is 65.0 Å². The Hall–Kier alpha value is -2.30. The minimum Gasteiger partial charge on any atom is -0.489 e. The van der Waals surface area contributed by atoms with Crippen LogP contribution >= 0.6 is 0 Å². The second-order valence-electron chi connectivity index (χ2n) is 6.81. The zero-order valence-electron chi connectivity index (χ0n) is 15.0. The van der Waals surface area contributed by atoms with Crippen LogP contribution in [-0.4, -0.2) is 17.1 Å². The summed E-state index contributed by atoms with van der Waals surface area (Å²) in [4.78, 5) is 12.2. The summed E-state index contributed by atoms with van der Waals surface area (Å²) < 4.78 is 10.9. The van der Waals surface area contributed by atoms with Crippen molar-refractivity contribution >= 4 is 5.91 Å². The number of nitrogens with one attached hydrogen (secondary N) is 1. The van der Waals surface area contributed by atoms with Crippen molar-refractivity contribution < 1.29 is 14.1 Å². The van der Waals surface area contributed by atoms with Crippen LogP contribution in [0, 0.1) is 13.8 Å². The number of aryl methyl sites for hydroxylation is 2. The summed E-state index contributed by atoms with van der Waals surface area (Å²) in [5.74, 6) is 1.67. The molecule has 25 heavy (non-hydrogen) atoms. The van der Waals surface area contributed by atoms with Gasteiger partial charge in [0.2, 0.25) is 5.91 Å². The standard InChI is InChI=1S/C20H26N2O3/c1-14-19(15(2)25-22-14)13-24-18-10-8-16(9-11-18)12-20(23)21-17-6-4-3-5-7-17/h8-11,17H,3-7,12-13H2,1-2H3,(H,21,23). The number of rotatable bonds is 6. The molecule has 5 heteroatoms. The topological polar surface area (TPSA) is 64.4 Å². The fourth-order valence-electron chi connectivity index (χ4n) is 3.28. The molecule has 0 spiro atoms. The van der Waals surface area contributed by atoms with Crippen molar-refractivity contribution in [3.63, 3.8) is 0 Å². The molecule has 134 valence electrons. The number of carbonyl (C=O) groups is 1. The third-order valence-electron chi connectivity index (χ3n) is 4.82. The van der Waals surface area contributed by atoms with Crippen LogP contribution in [0.4, 0.5) is 0 Å². The highest BCUT2D eigenvalue weighted by atomic mass is 16.5. The second-order valence-corrected chi connectivity index (χ2v) is 6.81. The molecule has 1 aliphatic carbocycles. The van der Waals surface area contributed by atoms with Gasteiger partial charge >= 0.3 is 0 Å². The van der Waals surface area contributed by atoms with E-state index in [0.717, 1.165) is 41.2 Å². The Morgan fingerprint density at radius 1 is 1.20 bits per heavy atom. The highest BCUT2D eigenvalue weighted by Gasteiger charge is 2.15. The highest BCUT2D eigenvalue weighted by Crippen LogP contribution is 2.19. The van der Waals surface area contributed by atoms with Crippen molar-refractivity contribution in [2.24, 2.45) is 0 Å². The Labute approximate surface area is 148 Å². The summed E-state index contributed by atoms with van der Waals surface area (Å²) in [6.45, 7) is 4.22. The normalized spacial score (nSPS) is 15.1. The lowest BCUT2D eigenvalue weighted by atomic mass is 9.95. The van der Waals surface area contributed by atoms with E-state index in [-0.39, 0.29) is 5.91 Å². The van der Waals surface area contributed by atoms with Gasteiger partial charge in [0.25, 0.3) is 0 Å². The number of nitrogens with zero attached hydrogens (tertiary/aromatic N) is 1. The lowest BCUT2D eigenvalue weighted by Gasteiger charge is -2.22. The molecule has 2 aromatic rings. The molecular weight excluding hydrogens is 316 g/mol. The maximum Gasteiger partial charge on any atom is 0.224 e. The number of hydrogen-bond donors (Lipinski definition) is 1. The Kier molecular flexibility index (Phi) is 5.74. The molecule has 3 rings (SSSR count). The van der Waals surface area contributed by atoms with Crippen molar-refractivity contribution in [2.75, 3.05) is 0 Å². The maximum atomic E-state index is 12.2. The molecule has 0 aliphatic heterocycles. The minimum atomic E-state index is 0.108. The Balaban J connectivity index is 1.49. The van der Waals surface area contributed by atoms with Crippen LogP contribution in [-0.2, 0) is 17.8 Å². The first-order valence-corrected chi connectivity index (χ1v) is 9.04. The van der Waals surface area contributed by atoms with Crippen molar-refractivity contribution in [1.82, 2.24) is 10.5 Å². The third kappa shape index (κ3) is 4.84. The van der Waals surface area contributed by atoms with Gasteiger partial charge in [-0.1, -0.05) is 36.6 Å². The Morgan fingerprint density at radius 3 is 2.56 bits per heavy atom. The van der Waals surface area contributed by atoms with E-state index in [4.69, 9.17) is 9.26 Å². The third-order valence-corrected chi connectivity index (χ3v) is 4.82. The zero-order chi connectivity index (χ0) is 17.6. The van der Waals surface area contributed by atoms with Gasteiger partial charge in [-0.25, -0.2) is 0 Å². The molecule has 1 aromatic carbocycles. The molecule has 1 aliphatic rings. The van der Waals surface area contributed by atoms with Gasteiger partial charge in [-0.15, -0.1) is 0 Å². The van der Waals surface area contributed by atoms with Crippen LogP contribution in [0.1, 0.15) is 54.7 Å². The largest absolute Gasteiger partial charge is 0.489 e. The van der Waals surface area contributed by atoms with E-state index in [1.54, 1.807) is 0 Å². The molecule has 0 unspecified atom stereocenters. The van der Waals surface area contributed by atoms with Crippen LogP contribution in [0.5, 0.6) is 5.75 Å². The molecule has 1 fully saturated rings. The minimum absolute atomic E-state index is 0.108. The van der Waals surface area contributed by atoms with E-state index in [2.05, 4.69) is 10.5 Å². The smallest absolute Gasteiger partial charge is 0.224 e. The fourth-order valence-corrected chi connectivity index (χ4v) is 3.28. The predicted molar refractivity (Wildman–Crippen MR) is 95.5 cm³/mol. The summed E-state index contributed by atoms with van der Waals surface area (Å²) in [6, 6.07) is 8.06. The van der Waals surface area contributed by atoms with Crippen LogP contribution in [0.25, 0.3) is 0 Å². The van der Waals surface area contributed by atoms with Crippen molar-refractivity contribution in [3.8, 4) is 5.75 Å².